The SMILES string of the molecule is CN(C)c1ccnc(NCC(c2ccccc2)N2CCCC2)n1. The number of nitrogens with zero attached hydrogens (tertiary/aromatic N) is 4. The van der Waals surface area contributed by atoms with Crippen molar-refractivity contribution in [3.05, 3.63) is 48.2 Å². The summed E-state index contributed by atoms with van der Waals surface area (Å²) in [6, 6.07) is 13.0. The maximum atomic E-state index is 4.55. The molecule has 0 spiro atoms. The van der Waals surface area contributed by atoms with Crippen molar-refractivity contribution in [1.82, 2.24) is 14.9 Å². The lowest BCUT2D eigenvalue weighted by Crippen LogP contribution is -2.31. The Hall–Kier alpha value is -2.14. The van der Waals surface area contributed by atoms with Crippen molar-refractivity contribution >= 4 is 11.8 Å². The number of nitrogens with one attached hydrogen (secondary N) is 1. The van der Waals surface area contributed by atoms with Gasteiger partial charge in [0.05, 0.1) is 6.04 Å². The number of hydrogen-bond donors (Lipinski definition) is 1. The summed E-state index contributed by atoms with van der Waals surface area (Å²) in [4.78, 5) is 13.4. The molecule has 23 heavy (non-hydrogen) atoms. The van der Waals surface area contributed by atoms with Crippen LogP contribution in [0.5, 0.6) is 0 Å². The minimum atomic E-state index is 0.366. The first-order valence-corrected chi connectivity index (χ1v) is 8.27. The van der Waals surface area contributed by atoms with E-state index in [2.05, 4.69) is 50.5 Å². The Kier molecular flexibility index (Phi) is 5.08. The molecule has 2 heterocycles. The van der Waals surface area contributed by atoms with E-state index in [1.54, 1.807) is 6.20 Å². The maximum Gasteiger partial charge on any atom is 0.224 e. The standard InChI is InChI=1S/C18H25N5/c1-22(2)17-10-11-19-18(21-17)20-14-16(23-12-6-7-13-23)15-8-4-3-5-9-15/h3-5,8-11,16H,6-7,12-14H2,1-2H3,(H,19,20,21). The van der Waals surface area contributed by atoms with Crippen molar-refractivity contribution < 1.29 is 0 Å². The molecule has 3 rings (SSSR count). The van der Waals surface area contributed by atoms with Crippen molar-refractivity contribution in [2.45, 2.75) is 18.9 Å². The Balaban J connectivity index is 1.73. The first-order chi connectivity index (χ1) is 11.2. The summed E-state index contributed by atoms with van der Waals surface area (Å²) in [6.07, 6.45) is 4.38. The van der Waals surface area contributed by atoms with Gasteiger partial charge in [-0.2, -0.15) is 4.98 Å². The second-order valence-electron chi connectivity index (χ2n) is 6.18. The highest BCUT2D eigenvalue weighted by Gasteiger charge is 2.23. The van der Waals surface area contributed by atoms with Crippen LogP contribution in [0.25, 0.3) is 0 Å². The van der Waals surface area contributed by atoms with Gasteiger partial charge in [-0.25, -0.2) is 4.98 Å². The summed E-state index contributed by atoms with van der Waals surface area (Å²) in [5.74, 6) is 1.61. The molecule has 1 aromatic carbocycles. The molecule has 2 aromatic rings. The van der Waals surface area contributed by atoms with Crippen molar-refractivity contribution in [2.75, 3.05) is 43.9 Å². The number of hydrogen-bond acceptors (Lipinski definition) is 5. The summed E-state index contributed by atoms with van der Waals surface area (Å²) in [5.41, 5.74) is 1.35. The van der Waals surface area contributed by atoms with Gasteiger partial charge in [-0.15, -0.1) is 0 Å². The highest BCUT2D eigenvalue weighted by Crippen LogP contribution is 2.25. The highest BCUT2D eigenvalue weighted by atomic mass is 15.2. The van der Waals surface area contributed by atoms with Crippen molar-refractivity contribution in [3.8, 4) is 0 Å². The molecule has 5 heteroatoms. The average molecular weight is 311 g/mol. The van der Waals surface area contributed by atoms with E-state index in [-0.39, 0.29) is 0 Å². The zero-order chi connectivity index (χ0) is 16.1. The van der Waals surface area contributed by atoms with Gasteiger partial charge in [0, 0.05) is 26.8 Å². The predicted octanol–water partition coefficient (Wildman–Crippen LogP) is 2.79. The third-order valence-electron chi connectivity index (χ3n) is 4.32. The van der Waals surface area contributed by atoms with Gasteiger partial charge in [0.2, 0.25) is 5.95 Å². The van der Waals surface area contributed by atoms with Gasteiger partial charge in [0.15, 0.2) is 0 Å². The number of benzene rings is 1. The van der Waals surface area contributed by atoms with E-state index >= 15 is 0 Å². The third kappa shape index (κ3) is 3.99. The van der Waals surface area contributed by atoms with Gasteiger partial charge in [-0.1, -0.05) is 30.3 Å². The molecule has 1 aromatic heterocycles. The van der Waals surface area contributed by atoms with Crippen LogP contribution in [0, 0.1) is 0 Å². The fourth-order valence-corrected chi connectivity index (χ4v) is 3.06. The molecular weight excluding hydrogens is 286 g/mol. The minimum Gasteiger partial charge on any atom is -0.363 e. The lowest BCUT2D eigenvalue weighted by molar-refractivity contribution is 0.255. The molecule has 0 aliphatic carbocycles. The lowest BCUT2D eigenvalue weighted by Gasteiger charge is -2.28. The van der Waals surface area contributed by atoms with Crippen molar-refractivity contribution in [3.63, 3.8) is 0 Å². The van der Waals surface area contributed by atoms with Crippen LogP contribution >= 0.6 is 0 Å². The predicted molar refractivity (Wildman–Crippen MR) is 94.8 cm³/mol. The molecule has 1 N–H and O–H groups in total. The fourth-order valence-electron chi connectivity index (χ4n) is 3.06. The van der Waals surface area contributed by atoms with E-state index in [1.807, 2.05) is 25.1 Å². The molecule has 1 aliphatic heterocycles. The molecule has 1 unspecified atom stereocenters. The van der Waals surface area contributed by atoms with E-state index < -0.39 is 0 Å². The van der Waals surface area contributed by atoms with Crippen LogP contribution in [0.15, 0.2) is 42.6 Å². The Labute approximate surface area is 138 Å². The van der Waals surface area contributed by atoms with Gasteiger partial charge in [0.1, 0.15) is 5.82 Å². The zero-order valence-electron chi connectivity index (χ0n) is 13.9. The van der Waals surface area contributed by atoms with Crippen LogP contribution in [0.2, 0.25) is 0 Å². The Bertz CT molecular complexity index is 608. The molecule has 0 bridgehead atoms. The second kappa shape index (κ2) is 7.42. The molecule has 122 valence electrons. The van der Waals surface area contributed by atoms with E-state index in [0.717, 1.165) is 12.4 Å². The molecule has 0 amide bonds. The molecular formula is C18H25N5. The molecule has 1 aliphatic rings. The van der Waals surface area contributed by atoms with E-state index in [4.69, 9.17) is 0 Å². The van der Waals surface area contributed by atoms with E-state index in [0.29, 0.717) is 12.0 Å². The number of rotatable bonds is 6. The van der Waals surface area contributed by atoms with Crippen LogP contribution in [-0.2, 0) is 0 Å². The fraction of sp³-hybridized carbons (Fsp3) is 0.444. The first kappa shape index (κ1) is 15.7. The summed E-state index contributed by atoms with van der Waals surface area (Å²) >= 11 is 0. The van der Waals surface area contributed by atoms with Crippen molar-refractivity contribution in [2.24, 2.45) is 0 Å². The van der Waals surface area contributed by atoms with Gasteiger partial charge >= 0.3 is 0 Å². The van der Waals surface area contributed by atoms with Crippen LogP contribution in [0.1, 0.15) is 24.4 Å². The van der Waals surface area contributed by atoms with E-state index in [9.17, 15) is 0 Å². The first-order valence-electron chi connectivity index (χ1n) is 8.27. The Morgan fingerprint density at radius 1 is 1.13 bits per heavy atom. The molecule has 1 fully saturated rings. The third-order valence-corrected chi connectivity index (χ3v) is 4.32. The topological polar surface area (TPSA) is 44.3 Å². The summed E-state index contributed by atoms with van der Waals surface area (Å²) in [5, 5.41) is 3.42. The normalized spacial score (nSPS) is 16.3. The quantitative estimate of drug-likeness (QED) is 0.889. The number of likely N-dealkylation sites (tertiary alicyclic amines) is 1. The van der Waals surface area contributed by atoms with E-state index in [1.165, 1.54) is 31.5 Å². The molecule has 0 radical (unpaired) electrons. The molecule has 5 nitrogen and oxygen atoms in total. The van der Waals surface area contributed by atoms with Crippen LogP contribution in [0.3, 0.4) is 0 Å². The number of anilines is 2. The molecule has 1 saturated heterocycles. The van der Waals surface area contributed by atoms with Crippen molar-refractivity contribution in [1.29, 1.82) is 0 Å². The number of aromatic nitrogens is 2. The van der Waals surface area contributed by atoms with Gasteiger partial charge in [-0.05, 0) is 37.6 Å². The second-order valence-corrected chi connectivity index (χ2v) is 6.18. The molecule has 1 atom stereocenters. The lowest BCUT2D eigenvalue weighted by atomic mass is 10.1. The summed E-state index contributed by atoms with van der Waals surface area (Å²) in [7, 11) is 3.98. The Morgan fingerprint density at radius 3 is 2.57 bits per heavy atom. The smallest absolute Gasteiger partial charge is 0.224 e. The maximum absolute atomic E-state index is 4.55. The monoisotopic (exact) mass is 311 g/mol. The van der Waals surface area contributed by atoms with Gasteiger partial charge in [-0.3, -0.25) is 4.90 Å². The zero-order valence-corrected chi connectivity index (χ0v) is 13.9. The van der Waals surface area contributed by atoms with Gasteiger partial charge in [0.25, 0.3) is 0 Å². The summed E-state index contributed by atoms with van der Waals surface area (Å²) in [6.45, 7) is 3.15. The van der Waals surface area contributed by atoms with Gasteiger partial charge < -0.3 is 10.2 Å². The summed E-state index contributed by atoms with van der Waals surface area (Å²) < 4.78 is 0. The van der Waals surface area contributed by atoms with Crippen LogP contribution in [-0.4, -0.2) is 48.6 Å². The van der Waals surface area contributed by atoms with Crippen LogP contribution in [0.4, 0.5) is 11.8 Å². The largest absolute Gasteiger partial charge is 0.363 e. The molecule has 0 saturated carbocycles. The minimum absolute atomic E-state index is 0.366. The average Bonchev–Trinajstić information content (AvgIpc) is 3.11. The highest BCUT2D eigenvalue weighted by molar-refractivity contribution is 5.41. The van der Waals surface area contributed by atoms with Crippen LogP contribution < -0.4 is 10.2 Å². The Morgan fingerprint density at radius 2 is 1.87 bits per heavy atom.